The average Bonchev–Trinajstić information content (AvgIpc) is 3.04. The maximum absolute atomic E-state index is 4.59. The first-order valence-electron chi connectivity index (χ1n) is 6.10. The molecule has 3 heteroatoms. The fraction of sp³-hybridized carbons (Fsp3) is 0.750. The lowest BCUT2D eigenvalue weighted by atomic mass is 10.1. The summed E-state index contributed by atoms with van der Waals surface area (Å²) in [6, 6.07) is 0.650. The van der Waals surface area contributed by atoms with Crippen LogP contribution in [0.1, 0.15) is 49.2 Å². The molecule has 1 aromatic heterocycles. The molecule has 1 saturated heterocycles. The molecule has 82 valence electrons. The topological polar surface area (TPSA) is 29.9 Å². The number of aromatic nitrogens is 2. The minimum atomic E-state index is 0.650. The molecular weight excluding hydrogens is 186 g/mol. The van der Waals surface area contributed by atoms with Crippen molar-refractivity contribution in [3.63, 3.8) is 0 Å². The highest BCUT2D eigenvalue weighted by atomic mass is 15.1. The van der Waals surface area contributed by atoms with Gasteiger partial charge in [0.15, 0.2) is 0 Å². The molecule has 1 atom stereocenters. The van der Waals surface area contributed by atoms with Crippen LogP contribution in [0.25, 0.3) is 0 Å². The standard InChI is InChI=1S/C12H19N3/c1-9-7-14-12(10-4-5-10)15(9)11-3-2-6-13-8-11/h7,10-11,13H,2-6,8H2,1H3. The van der Waals surface area contributed by atoms with E-state index in [1.165, 1.54) is 43.7 Å². The Hall–Kier alpha value is -0.830. The summed E-state index contributed by atoms with van der Waals surface area (Å²) in [5.74, 6) is 2.11. The van der Waals surface area contributed by atoms with E-state index in [0.29, 0.717) is 6.04 Å². The van der Waals surface area contributed by atoms with Crippen LogP contribution in [0.5, 0.6) is 0 Å². The number of hydrogen-bond acceptors (Lipinski definition) is 2. The zero-order valence-electron chi connectivity index (χ0n) is 9.37. The van der Waals surface area contributed by atoms with Crippen LogP contribution < -0.4 is 5.32 Å². The molecule has 2 aliphatic rings. The van der Waals surface area contributed by atoms with E-state index in [2.05, 4.69) is 21.8 Å². The second kappa shape index (κ2) is 3.63. The third kappa shape index (κ3) is 1.69. The van der Waals surface area contributed by atoms with Crippen LogP contribution in [0.15, 0.2) is 6.20 Å². The first kappa shape index (κ1) is 9.40. The van der Waals surface area contributed by atoms with Gasteiger partial charge in [-0.05, 0) is 39.2 Å². The third-order valence-electron chi connectivity index (χ3n) is 3.59. The van der Waals surface area contributed by atoms with Gasteiger partial charge in [-0.2, -0.15) is 0 Å². The lowest BCUT2D eigenvalue weighted by Crippen LogP contribution is -2.32. The smallest absolute Gasteiger partial charge is 0.112 e. The zero-order chi connectivity index (χ0) is 10.3. The quantitative estimate of drug-likeness (QED) is 0.800. The van der Waals surface area contributed by atoms with Gasteiger partial charge in [0.25, 0.3) is 0 Å². The van der Waals surface area contributed by atoms with Gasteiger partial charge in [0.05, 0.1) is 0 Å². The molecule has 0 spiro atoms. The highest BCUT2D eigenvalue weighted by Gasteiger charge is 2.31. The Labute approximate surface area is 90.9 Å². The normalized spacial score (nSPS) is 26.9. The van der Waals surface area contributed by atoms with Gasteiger partial charge in [0, 0.05) is 30.4 Å². The molecule has 2 fully saturated rings. The second-order valence-electron chi connectivity index (χ2n) is 4.90. The van der Waals surface area contributed by atoms with Gasteiger partial charge in [-0.3, -0.25) is 0 Å². The Bertz CT molecular complexity index is 346. The Kier molecular flexibility index (Phi) is 2.28. The second-order valence-corrected chi connectivity index (χ2v) is 4.90. The van der Waals surface area contributed by atoms with Crippen molar-refractivity contribution in [2.24, 2.45) is 0 Å². The number of nitrogens with zero attached hydrogens (tertiary/aromatic N) is 2. The Morgan fingerprint density at radius 1 is 1.40 bits per heavy atom. The molecule has 1 aliphatic carbocycles. The van der Waals surface area contributed by atoms with Gasteiger partial charge >= 0.3 is 0 Å². The van der Waals surface area contributed by atoms with Crippen LogP contribution >= 0.6 is 0 Å². The summed E-state index contributed by atoms with van der Waals surface area (Å²) >= 11 is 0. The van der Waals surface area contributed by atoms with Crippen LogP contribution in [-0.2, 0) is 0 Å². The number of aryl methyl sites for hydroxylation is 1. The molecule has 3 nitrogen and oxygen atoms in total. The van der Waals surface area contributed by atoms with Crippen molar-refractivity contribution in [3.8, 4) is 0 Å². The largest absolute Gasteiger partial charge is 0.328 e. The summed E-state index contributed by atoms with van der Waals surface area (Å²) < 4.78 is 2.49. The van der Waals surface area contributed by atoms with Crippen LogP contribution in [0.2, 0.25) is 0 Å². The van der Waals surface area contributed by atoms with Gasteiger partial charge < -0.3 is 9.88 Å². The SMILES string of the molecule is Cc1cnc(C2CC2)n1C1CCCNC1. The summed E-state index contributed by atoms with van der Waals surface area (Å²) in [7, 11) is 0. The highest BCUT2D eigenvalue weighted by Crippen LogP contribution is 2.41. The van der Waals surface area contributed by atoms with E-state index in [0.717, 1.165) is 12.5 Å². The lowest BCUT2D eigenvalue weighted by Gasteiger charge is -2.27. The van der Waals surface area contributed by atoms with E-state index >= 15 is 0 Å². The van der Waals surface area contributed by atoms with Gasteiger partial charge in [-0.25, -0.2) is 4.98 Å². The maximum Gasteiger partial charge on any atom is 0.112 e. The fourth-order valence-corrected chi connectivity index (χ4v) is 2.64. The highest BCUT2D eigenvalue weighted by molar-refractivity contribution is 5.14. The third-order valence-corrected chi connectivity index (χ3v) is 3.59. The number of nitrogens with one attached hydrogen (secondary N) is 1. The lowest BCUT2D eigenvalue weighted by molar-refractivity contribution is 0.359. The van der Waals surface area contributed by atoms with Crippen LogP contribution in [0.3, 0.4) is 0 Å². The van der Waals surface area contributed by atoms with Gasteiger partial charge in [-0.1, -0.05) is 0 Å². The summed E-state index contributed by atoms with van der Waals surface area (Å²) in [6.07, 6.45) is 7.34. The minimum absolute atomic E-state index is 0.650. The van der Waals surface area contributed by atoms with Crippen LogP contribution in [0, 0.1) is 6.92 Å². The molecule has 3 rings (SSSR count). The molecule has 1 saturated carbocycles. The molecule has 1 unspecified atom stereocenters. The van der Waals surface area contributed by atoms with Crippen molar-refractivity contribution < 1.29 is 0 Å². The summed E-state index contributed by atoms with van der Waals surface area (Å²) in [4.78, 5) is 4.59. The van der Waals surface area contributed by atoms with Crippen LogP contribution in [-0.4, -0.2) is 22.6 Å². The number of hydrogen-bond donors (Lipinski definition) is 1. The Balaban J connectivity index is 1.90. The molecule has 2 heterocycles. The van der Waals surface area contributed by atoms with E-state index in [4.69, 9.17) is 0 Å². The van der Waals surface area contributed by atoms with E-state index in [9.17, 15) is 0 Å². The summed E-state index contributed by atoms with van der Waals surface area (Å²) in [5, 5.41) is 3.49. The molecule has 0 aromatic carbocycles. The van der Waals surface area contributed by atoms with Crippen molar-refractivity contribution in [2.45, 2.75) is 44.6 Å². The van der Waals surface area contributed by atoms with Gasteiger partial charge in [0.1, 0.15) is 5.82 Å². The molecule has 0 bridgehead atoms. The first-order chi connectivity index (χ1) is 7.36. The molecule has 0 amide bonds. The molecule has 1 N–H and O–H groups in total. The van der Waals surface area contributed by atoms with E-state index in [1.54, 1.807) is 0 Å². The van der Waals surface area contributed by atoms with Crippen LogP contribution in [0.4, 0.5) is 0 Å². The summed E-state index contributed by atoms with van der Waals surface area (Å²) in [6.45, 7) is 4.49. The van der Waals surface area contributed by atoms with Gasteiger partial charge in [0.2, 0.25) is 0 Å². The monoisotopic (exact) mass is 205 g/mol. The average molecular weight is 205 g/mol. The number of rotatable bonds is 2. The van der Waals surface area contributed by atoms with E-state index in [1.807, 2.05) is 6.20 Å². The van der Waals surface area contributed by atoms with E-state index < -0.39 is 0 Å². The van der Waals surface area contributed by atoms with Crippen molar-refractivity contribution in [1.82, 2.24) is 14.9 Å². The Morgan fingerprint density at radius 3 is 2.93 bits per heavy atom. The first-order valence-corrected chi connectivity index (χ1v) is 6.10. The molecule has 0 radical (unpaired) electrons. The van der Waals surface area contributed by atoms with Crippen molar-refractivity contribution in [3.05, 3.63) is 17.7 Å². The van der Waals surface area contributed by atoms with E-state index in [-0.39, 0.29) is 0 Å². The van der Waals surface area contributed by atoms with Crippen molar-refractivity contribution >= 4 is 0 Å². The number of imidazole rings is 1. The van der Waals surface area contributed by atoms with Crippen molar-refractivity contribution in [1.29, 1.82) is 0 Å². The zero-order valence-corrected chi connectivity index (χ0v) is 9.37. The molecule has 1 aromatic rings. The fourth-order valence-electron chi connectivity index (χ4n) is 2.64. The summed E-state index contributed by atoms with van der Waals surface area (Å²) in [5.41, 5.74) is 1.34. The molecular formula is C12H19N3. The predicted octanol–water partition coefficient (Wildman–Crippen LogP) is 1.99. The molecule has 15 heavy (non-hydrogen) atoms. The van der Waals surface area contributed by atoms with Crippen molar-refractivity contribution in [2.75, 3.05) is 13.1 Å². The minimum Gasteiger partial charge on any atom is -0.328 e. The number of piperidine rings is 1. The molecule has 1 aliphatic heterocycles. The predicted molar refractivity (Wildman–Crippen MR) is 60.1 cm³/mol. The van der Waals surface area contributed by atoms with Gasteiger partial charge in [-0.15, -0.1) is 0 Å². The maximum atomic E-state index is 4.59. The Morgan fingerprint density at radius 2 is 2.27 bits per heavy atom.